The van der Waals surface area contributed by atoms with Crippen LogP contribution in [-0.4, -0.2) is 22.9 Å². The Balaban J connectivity index is 1.48. The molecule has 0 aliphatic rings. The molecular weight excluding hydrogens is 499 g/mol. The monoisotopic (exact) mass is 525 g/mol. The van der Waals surface area contributed by atoms with Gasteiger partial charge in [-0.05, 0) is 34.9 Å². The van der Waals surface area contributed by atoms with Crippen LogP contribution in [0.5, 0.6) is 5.75 Å². The largest absolute Gasteiger partial charge is 0.497 e. The summed E-state index contributed by atoms with van der Waals surface area (Å²) in [6.45, 7) is 1.53. The number of rotatable bonds is 10. The summed E-state index contributed by atoms with van der Waals surface area (Å²) in [5.74, 6) is 0.449. The van der Waals surface area contributed by atoms with E-state index >= 15 is 0 Å². The van der Waals surface area contributed by atoms with Crippen molar-refractivity contribution in [2.24, 2.45) is 0 Å². The molecule has 37 heavy (non-hydrogen) atoms. The van der Waals surface area contributed by atoms with Crippen LogP contribution < -0.4 is 10.1 Å². The molecule has 0 aliphatic heterocycles. The van der Waals surface area contributed by atoms with E-state index in [0.717, 1.165) is 22.9 Å². The highest BCUT2D eigenvalue weighted by atomic mass is 32.1. The van der Waals surface area contributed by atoms with Gasteiger partial charge in [0.2, 0.25) is 0 Å². The van der Waals surface area contributed by atoms with Crippen LogP contribution in [0.1, 0.15) is 37.7 Å². The number of ether oxygens (including phenoxy) is 1. The number of hydrogen-bond donors (Lipinski definition) is 1. The van der Waals surface area contributed by atoms with Gasteiger partial charge in [-0.3, -0.25) is 9.69 Å². The number of carbonyl (C=O) groups is 1. The second-order valence-corrected chi connectivity index (χ2v) is 9.43. The number of aromatic nitrogens is 1. The van der Waals surface area contributed by atoms with Crippen LogP contribution in [0.2, 0.25) is 0 Å². The molecule has 4 aromatic rings. The van der Waals surface area contributed by atoms with Gasteiger partial charge in [0.25, 0.3) is 5.91 Å². The molecule has 0 unspecified atom stereocenters. The Hall–Kier alpha value is -3.69. The zero-order chi connectivity index (χ0) is 26.3. The zero-order valence-corrected chi connectivity index (χ0v) is 21.0. The first-order valence-electron chi connectivity index (χ1n) is 11.6. The molecule has 0 fully saturated rings. The van der Waals surface area contributed by atoms with Crippen molar-refractivity contribution in [3.63, 3.8) is 0 Å². The molecule has 0 spiro atoms. The second-order valence-electron chi connectivity index (χ2n) is 8.49. The number of nitrogens with zero attached hydrogens (tertiary/aromatic N) is 2. The highest BCUT2D eigenvalue weighted by Crippen LogP contribution is 2.30. The quantitative estimate of drug-likeness (QED) is 0.264. The van der Waals surface area contributed by atoms with Gasteiger partial charge in [0, 0.05) is 25.0 Å². The van der Waals surface area contributed by atoms with Crippen LogP contribution in [0.25, 0.3) is 0 Å². The summed E-state index contributed by atoms with van der Waals surface area (Å²) < 4.78 is 45.0. The molecule has 1 amide bonds. The minimum Gasteiger partial charge on any atom is -0.497 e. The van der Waals surface area contributed by atoms with Crippen LogP contribution in [0.15, 0.2) is 84.2 Å². The molecule has 1 N–H and O–H groups in total. The van der Waals surface area contributed by atoms with Crippen LogP contribution >= 0.6 is 11.3 Å². The number of amides is 1. The lowest BCUT2D eigenvalue weighted by molar-refractivity contribution is -0.137. The number of benzene rings is 3. The van der Waals surface area contributed by atoms with Crippen LogP contribution in [0.4, 0.5) is 13.2 Å². The minimum atomic E-state index is -4.41. The summed E-state index contributed by atoms with van der Waals surface area (Å²) in [5, 5.41) is 5.27. The molecule has 0 aliphatic carbocycles. The second kappa shape index (κ2) is 12.0. The lowest BCUT2D eigenvalue weighted by atomic mass is 10.1. The predicted octanol–water partition coefficient (Wildman–Crippen LogP) is 6.30. The van der Waals surface area contributed by atoms with Gasteiger partial charge in [0.15, 0.2) is 0 Å². The fraction of sp³-hybridized carbons (Fsp3) is 0.214. The number of alkyl halides is 3. The van der Waals surface area contributed by atoms with Crippen molar-refractivity contribution in [3.8, 4) is 5.75 Å². The molecule has 1 heterocycles. The summed E-state index contributed by atoms with van der Waals surface area (Å²) >= 11 is 1.35. The highest BCUT2D eigenvalue weighted by molar-refractivity contribution is 7.09. The van der Waals surface area contributed by atoms with E-state index < -0.39 is 11.7 Å². The summed E-state index contributed by atoms with van der Waals surface area (Å²) in [7, 11) is 1.59. The molecule has 0 atom stereocenters. The van der Waals surface area contributed by atoms with Gasteiger partial charge in [0.05, 0.1) is 19.2 Å². The Morgan fingerprint density at radius 2 is 1.62 bits per heavy atom. The Morgan fingerprint density at radius 3 is 2.32 bits per heavy atom. The van der Waals surface area contributed by atoms with Gasteiger partial charge in [-0.1, -0.05) is 60.7 Å². The number of thiazole rings is 1. The average Bonchev–Trinajstić information content (AvgIpc) is 3.36. The van der Waals surface area contributed by atoms with E-state index in [1.54, 1.807) is 18.6 Å². The molecule has 0 bridgehead atoms. The van der Waals surface area contributed by atoms with E-state index in [0.29, 0.717) is 35.9 Å². The molecule has 0 saturated heterocycles. The minimum absolute atomic E-state index is 0.272. The molecule has 9 heteroatoms. The molecule has 192 valence electrons. The van der Waals surface area contributed by atoms with Gasteiger partial charge in [0.1, 0.15) is 16.5 Å². The lowest BCUT2D eigenvalue weighted by Crippen LogP contribution is -2.24. The summed E-state index contributed by atoms with van der Waals surface area (Å²) in [4.78, 5) is 19.1. The molecule has 5 nitrogen and oxygen atoms in total. The molecule has 4 rings (SSSR count). The number of hydrogen-bond acceptors (Lipinski definition) is 5. The normalized spacial score (nSPS) is 11.5. The van der Waals surface area contributed by atoms with Crippen molar-refractivity contribution in [2.45, 2.75) is 32.4 Å². The van der Waals surface area contributed by atoms with Crippen molar-refractivity contribution in [1.29, 1.82) is 0 Å². The lowest BCUT2D eigenvalue weighted by Gasteiger charge is -2.22. The van der Waals surface area contributed by atoms with E-state index in [4.69, 9.17) is 4.74 Å². The number of nitrogens with one attached hydrogen (secondary N) is 1. The third-order valence-electron chi connectivity index (χ3n) is 5.66. The summed E-state index contributed by atoms with van der Waals surface area (Å²) in [5.41, 5.74) is 2.14. The Morgan fingerprint density at radius 1 is 0.919 bits per heavy atom. The number of halogens is 3. The molecule has 0 saturated carbocycles. The number of methoxy groups -OCH3 is 1. The van der Waals surface area contributed by atoms with Gasteiger partial charge < -0.3 is 10.1 Å². The Bertz CT molecular complexity index is 1310. The maximum atomic E-state index is 13.2. The van der Waals surface area contributed by atoms with Crippen molar-refractivity contribution >= 4 is 17.2 Å². The van der Waals surface area contributed by atoms with Crippen LogP contribution in [0, 0.1) is 0 Å². The molecule has 0 radical (unpaired) electrons. The first kappa shape index (κ1) is 26.4. The standard InChI is InChI=1S/C28H26F3N3O2S/c1-36-24-12-10-21(11-13-24)16-34(17-22-8-5-9-23(14-22)28(29,30)31)18-26-33-25(19-37-26)27(35)32-15-20-6-3-2-4-7-20/h2-14,19H,15-18H2,1H3,(H,32,35). The van der Waals surface area contributed by atoms with Gasteiger partial charge >= 0.3 is 6.18 Å². The Kier molecular flexibility index (Phi) is 8.58. The number of carbonyl (C=O) groups excluding carboxylic acids is 1. The Labute approximate surface area is 217 Å². The van der Waals surface area contributed by atoms with Gasteiger partial charge in [-0.25, -0.2) is 4.98 Å². The third-order valence-corrected chi connectivity index (χ3v) is 6.50. The smallest absolute Gasteiger partial charge is 0.416 e. The van der Waals surface area contributed by atoms with Gasteiger partial charge in [-0.15, -0.1) is 11.3 Å². The van der Waals surface area contributed by atoms with E-state index in [1.165, 1.54) is 23.5 Å². The van der Waals surface area contributed by atoms with Crippen molar-refractivity contribution in [2.75, 3.05) is 7.11 Å². The van der Waals surface area contributed by atoms with Crippen LogP contribution in [0.3, 0.4) is 0 Å². The SMILES string of the molecule is COc1ccc(CN(Cc2cccc(C(F)(F)F)c2)Cc2nc(C(=O)NCc3ccccc3)cs2)cc1. The molecule has 1 aromatic heterocycles. The van der Waals surface area contributed by atoms with E-state index in [1.807, 2.05) is 59.5 Å². The van der Waals surface area contributed by atoms with E-state index in [9.17, 15) is 18.0 Å². The van der Waals surface area contributed by atoms with Gasteiger partial charge in [-0.2, -0.15) is 13.2 Å². The zero-order valence-electron chi connectivity index (χ0n) is 20.2. The van der Waals surface area contributed by atoms with Crippen LogP contribution in [-0.2, 0) is 32.4 Å². The van der Waals surface area contributed by atoms with E-state index in [-0.39, 0.29) is 12.5 Å². The third kappa shape index (κ3) is 7.65. The average molecular weight is 526 g/mol. The predicted molar refractivity (Wildman–Crippen MR) is 137 cm³/mol. The van der Waals surface area contributed by atoms with Crippen molar-refractivity contribution in [1.82, 2.24) is 15.2 Å². The maximum Gasteiger partial charge on any atom is 0.416 e. The van der Waals surface area contributed by atoms with Crippen molar-refractivity contribution < 1.29 is 22.7 Å². The fourth-order valence-corrected chi connectivity index (χ4v) is 4.62. The molecule has 3 aromatic carbocycles. The summed E-state index contributed by atoms with van der Waals surface area (Å²) in [6, 6.07) is 22.4. The fourth-order valence-electron chi connectivity index (χ4n) is 3.81. The summed E-state index contributed by atoms with van der Waals surface area (Å²) in [6.07, 6.45) is -4.41. The maximum absolute atomic E-state index is 13.2. The first-order chi connectivity index (χ1) is 17.8. The van der Waals surface area contributed by atoms with Crippen molar-refractivity contribution in [3.05, 3.63) is 117 Å². The molecular formula is C28H26F3N3O2S. The topological polar surface area (TPSA) is 54.5 Å². The van der Waals surface area contributed by atoms with E-state index in [2.05, 4.69) is 10.3 Å². The highest BCUT2D eigenvalue weighted by Gasteiger charge is 2.30. The first-order valence-corrected chi connectivity index (χ1v) is 12.5.